The normalized spacial score (nSPS) is 9.88. The van der Waals surface area contributed by atoms with Gasteiger partial charge in [-0.15, -0.1) is 0 Å². The van der Waals surface area contributed by atoms with Crippen LogP contribution in [-0.2, 0) is 13.6 Å². The van der Waals surface area contributed by atoms with Crippen LogP contribution in [0.5, 0.6) is 17.2 Å². The Bertz CT molecular complexity index is 1500. The summed E-state index contributed by atoms with van der Waals surface area (Å²) in [5.74, 6) is 0.103. The number of methoxy groups -OCH3 is 1. The first kappa shape index (κ1) is 32.6. The van der Waals surface area contributed by atoms with Crippen molar-refractivity contribution in [2.75, 3.05) is 12.4 Å². The number of amides is 1. The Balaban J connectivity index is 0.00000141. The summed E-state index contributed by atoms with van der Waals surface area (Å²) in [5.41, 5.74) is 2.11. The maximum atomic E-state index is 14.7. The van der Waals surface area contributed by atoms with Gasteiger partial charge in [0.05, 0.1) is 19.0 Å². The Labute approximate surface area is 241 Å². The topological polar surface area (TPSA) is 94.5 Å². The van der Waals surface area contributed by atoms with Crippen LogP contribution in [0, 0.1) is 19.7 Å². The van der Waals surface area contributed by atoms with E-state index in [2.05, 4.69) is 15.6 Å². The molecule has 2 aromatic carbocycles. The third-order valence-corrected chi connectivity index (χ3v) is 5.70. The average molecular weight is 563 g/mol. The minimum absolute atomic E-state index is 0.0118. The number of carbonyl (C=O) groups excluding carboxylic acids is 1. The molecular formula is C32H39FN4O4. The molecule has 2 heterocycles. The van der Waals surface area contributed by atoms with Gasteiger partial charge in [-0.25, -0.2) is 4.39 Å². The van der Waals surface area contributed by atoms with Gasteiger partial charge in [0.15, 0.2) is 0 Å². The van der Waals surface area contributed by atoms with E-state index in [0.29, 0.717) is 11.5 Å². The predicted octanol–water partition coefficient (Wildman–Crippen LogP) is 7.06. The van der Waals surface area contributed by atoms with Crippen LogP contribution in [0.4, 0.5) is 15.9 Å². The van der Waals surface area contributed by atoms with Crippen molar-refractivity contribution in [3.8, 4) is 17.2 Å². The molecule has 0 radical (unpaired) electrons. The highest BCUT2D eigenvalue weighted by Gasteiger charge is 2.23. The first-order valence-electron chi connectivity index (χ1n) is 13.5. The third-order valence-electron chi connectivity index (χ3n) is 5.70. The SMILES string of the molecule is CC.CC.COc1ccc(CNC(=O)c2c(Oc3cncc(C)c3)cc(=O)n(C)c2Nc2ccc(C)cc2F)cc1. The first-order chi connectivity index (χ1) is 19.7. The molecule has 1 amide bonds. The highest BCUT2D eigenvalue weighted by atomic mass is 19.1. The van der Waals surface area contributed by atoms with Gasteiger partial charge in [0.25, 0.3) is 11.5 Å². The summed E-state index contributed by atoms with van der Waals surface area (Å²) in [7, 11) is 3.07. The van der Waals surface area contributed by atoms with Crippen molar-refractivity contribution in [1.29, 1.82) is 0 Å². The lowest BCUT2D eigenvalue weighted by Crippen LogP contribution is -2.29. The maximum Gasteiger partial charge on any atom is 0.259 e. The lowest BCUT2D eigenvalue weighted by Gasteiger charge is -2.19. The monoisotopic (exact) mass is 562 g/mol. The number of aryl methyl sites for hydroxylation is 2. The molecule has 0 saturated heterocycles. The van der Waals surface area contributed by atoms with E-state index in [9.17, 15) is 14.0 Å². The summed E-state index contributed by atoms with van der Waals surface area (Å²) >= 11 is 0. The van der Waals surface area contributed by atoms with Crippen molar-refractivity contribution in [2.45, 2.75) is 48.1 Å². The van der Waals surface area contributed by atoms with Crippen LogP contribution in [0.15, 0.2) is 71.8 Å². The summed E-state index contributed by atoms with van der Waals surface area (Å²) in [6.45, 7) is 11.8. The van der Waals surface area contributed by atoms with Gasteiger partial charge in [0.1, 0.15) is 34.4 Å². The second-order valence-corrected chi connectivity index (χ2v) is 8.57. The van der Waals surface area contributed by atoms with Crippen molar-refractivity contribution in [1.82, 2.24) is 14.9 Å². The number of ether oxygens (including phenoxy) is 2. The lowest BCUT2D eigenvalue weighted by atomic mass is 10.1. The van der Waals surface area contributed by atoms with Gasteiger partial charge in [0, 0.05) is 25.9 Å². The number of nitrogens with one attached hydrogen (secondary N) is 2. The van der Waals surface area contributed by atoms with Crippen molar-refractivity contribution in [2.24, 2.45) is 7.05 Å². The highest BCUT2D eigenvalue weighted by Crippen LogP contribution is 2.32. The number of rotatable bonds is 8. The van der Waals surface area contributed by atoms with Crippen LogP contribution in [0.2, 0.25) is 0 Å². The van der Waals surface area contributed by atoms with Gasteiger partial charge in [-0.05, 0) is 60.9 Å². The molecule has 8 nitrogen and oxygen atoms in total. The summed E-state index contributed by atoms with van der Waals surface area (Å²) < 4.78 is 27.1. The predicted molar refractivity (Wildman–Crippen MR) is 162 cm³/mol. The molecule has 0 spiro atoms. The Morgan fingerprint density at radius 1 is 0.927 bits per heavy atom. The fourth-order valence-electron chi connectivity index (χ4n) is 3.70. The summed E-state index contributed by atoms with van der Waals surface area (Å²) in [6, 6.07) is 14.8. The van der Waals surface area contributed by atoms with Crippen LogP contribution >= 0.6 is 0 Å². The molecule has 0 atom stereocenters. The van der Waals surface area contributed by atoms with Gasteiger partial charge in [0.2, 0.25) is 0 Å². The van der Waals surface area contributed by atoms with Gasteiger partial charge < -0.3 is 20.1 Å². The lowest BCUT2D eigenvalue weighted by molar-refractivity contribution is 0.0948. The van der Waals surface area contributed by atoms with E-state index in [4.69, 9.17) is 9.47 Å². The molecule has 0 aliphatic rings. The smallest absolute Gasteiger partial charge is 0.259 e. The van der Waals surface area contributed by atoms with E-state index >= 15 is 0 Å². The Morgan fingerprint density at radius 3 is 2.22 bits per heavy atom. The molecule has 0 aliphatic carbocycles. The molecule has 41 heavy (non-hydrogen) atoms. The van der Waals surface area contributed by atoms with Crippen LogP contribution in [0.25, 0.3) is 0 Å². The number of hydrogen-bond donors (Lipinski definition) is 2. The largest absolute Gasteiger partial charge is 0.497 e. The van der Waals surface area contributed by atoms with E-state index in [1.165, 1.54) is 29.9 Å². The molecule has 2 N–H and O–H groups in total. The van der Waals surface area contributed by atoms with Crippen molar-refractivity contribution < 1.29 is 18.7 Å². The van der Waals surface area contributed by atoms with E-state index in [1.807, 2.05) is 46.8 Å². The number of halogens is 1. The second kappa shape index (κ2) is 15.8. The minimum Gasteiger partial charge on any atom is -0.497 e. The molecule has 0 fully saturated rings. The Kier molecular flexibility index (Phi) is 12.6. The number of benzene rings is 2. The minimum atomic E-state index is -0.522. The van der Waals surface area contributed by atoms with Crippen molar-refractivity contribution in [3.05, 3.63) is 105 Å². The zero-order valence-electron chi connectivity index (χ0n) is 25.0. The zero-order valence-corrected chi connectivity index (χ0v) is 25.0. The van der Waals surface area contributed by atoms with Gasteiger partial charge >= 0.3 is 0 Å². The fourth-order valence-corrected chi connectivity index (χ4v) is 3.70. The van der Waals surface area contributed by atoms with Gasteiger partial charge in [-0.2, -0.15) is 0 Å². The molecule has 2 aromatic heterocycles. The molecule has 9 heteroatoms. The van der Waals surface area contributed by atoms with E-state index in [0.717, 1.165) is 16.7 Å². The molecule has 4 aromatic rings. The van der Waals surface area contributed by atoms with E-state index in [-0.39, 0.29) is 29.4 Å². The molecule has 4 rings (SSSR count). The van der Waals surface area contributed by atoms with Gasteiger partial charge in [-0.3, -0.25) is 19.1 Å². The zero-order chi connectivity index (χ0) is 30.5. The van der Waals surface area contributed by atoms with Crippen molar-refractivity contribution >= 4 is 17.4 Å². The van der Waals surface area contributed by atoms with E-state index in [1.54, 1.807) is 50.6 Å². The number of nitrogens with zero attached hydrogens (tertiary/aromatic N) is 2. The standard InChI is InChI=1S/C28H27FN4O4.2C2H6/c1-17-5-10-23(22(29)12-17)32-27-26(28(35)31-15-19-6-8-20(36-4)9-7-19)24(13-25(34)33(27)3)37-21-11-18(2)14-30-16-21;2*1-2/h5-14,16,32H,15H2,1-4H3,(H,31,35);2*1-2H3. The highest BCUT2D eigenvalue weighted by molar-refractivity contribution is 6.02. The quantitative estimate of drug-likeness (QED) is 0.239. The summed E-state index contributed by atoms with van der Waals surface area (Å²) in [6.07, 6.45) is 3.14. The van der Waals surface area contributed by atoms with Crippen LogP contribution in [0.1, 0.15) is 54.7 Å². The Morgan fingerprint density at radius 2 is 1.61 bits per heavy atom. The number of hydrogen-bond acceptors (Lipinski definition) is 6. The molecule has 0 saturated carbocycles. The summed E-state index contributed by atoms with van der Waals surface area (Å²) in [4.78, 5) is 30.5. The fraction of sp³-hybridized carbons (Fsp3) is 0.281. The number of pyridine rings is 2. The van der Waals surface area contributed by atoms with Crippen LogP contribution in [0.3, 0.4) is 0 Å². The first-order valence-corrected chi connectivity index (χ1v) is 13.5. The molecular weight excluding hydrogens is 523 g/mol. The molecule has 0 bridgehead atoms. The maximum absolute atomic E-state index is 14.7. The number of aromatic nitrogens is 2. The third kappa shape index (κ3) is 8.66. The van der Waals surface area contributed by atoms with Crippen LogP contribution < -0.4 is 25.7 Å². The molecule has 218 valence electrons. The van der Waals surface area contributed by atoms with E-state index < -0.39 is 17.3 Å². The average Bonchev–Trinajstić information content (AvgIpc) is 2.98. The van der Waals surface area contributed by atoms with Gasteiger partial charge in [-0.1, -0.05) is 45.9 Å². The Hall–Kier alpha value is -4.66. The molecule has 0 aliphatic heterocycles. The number of carbonyl (C=O) groups is 1. The second-order valence-electron chi connectivity index (χ2n) is 8.57. The number of anilines is 2. The molecule has 0 unspecified atom stereocenters. The summed E-state index contributed by atoms with van der Waals surface area (Å²) in [5, 5.41) is 5.79. The van der Waals surface area contributed by atoms with Crippen molar-refractivity contribution in [3.63, 3.8) is 0 Å². The van der Waals surface area contributed by atoms with Crippen LogP contribution in [-0.4, -0.2) is 22.6 Å².